The van der Waals surface area contributed by atoms with Crippen LogP contribution < -0.4 is 10.1 Å². The molecule has 1 atom stereocenters. The lowest BCUT2D eigenvalue weighted by molar-refractivity contribution is -0.136. The lowest BCUT2D eigenvalue weighted by Gasteiger charge is -2.18. The van der Waals surface area contributed by atoms with E-state index in [1.165, 1.54) is 20.1 Å². The van der Waals surface area contributed by atoms with Gasteiger partial charge in [-0.05, 0) is 25.1 Å². The van der Waals surface area contributed by atoms with Crippen LogP contribution in [0, 0.1) is 5.82 Å². The predicted octanol–water partition coefficient (Wildman–Crippen LogP) is 0.931. The number of carbonyl (C=O) groups excluding carboxylic acids is 3. The quantitative estimate of drug-likeness (QED) is 0.836. The van der Waals surface area contributed by atoms with Crippen molar-refractivity contribution in [2.24, 2.45) is 0 Å². The van der Waals surface area contributed by atoms with Crippen LogP contribution in [-0.2, 0) is 9.53 Å². The van der Waals surface area contributed by atoms with Crippen molar-refractivity contribution in [2.45, 2.75) is 13.0 Å². The maximum absolute atomic E-state index is 13.2. The number of esters is 1. The summed E-state index contributed by atoms with van der Waals surface area (Å²) >= 11 is 0. The van der Waals surface area contributed by atoms with Crippen molar-refractivity contribution in [3.63, 3.8) is 0 Å². The molecular formula is C14H15FN2O5. The first-order chi connectivity index (χ1) is 10.4. The van der Waals surface area contributed by atoms with Crippen LogP contribution in [0.15, 0.2) is 18.2 Å². The standard InChI is InChI=1S/C14H15FN2O5/c1-8(12(18)17-6-5-16-14(17)20)22-13(19)10-7-9(15)3-4-11(10)21-2/h3-4,7-8H,5-6H2,1-2H3,(H,16,20)/t8-/m0/s1. The van der Waals surface area contributed by atoms with E-state index in [-0.39, 0.29) is 17.9 Å². The highest BCUT2D eigenvalue weighted by Crippen LogP contribution is 2.21. The molecule has 0 aliphatic carbocycles. The van der Waals surface area contributed by atoms with E-state index < -0.39 is 29.8 Å². The molecule has 0 unspecified atom stereocenters. The van der Waals surface area contributed by atoms with Gasteiger partial charge < -0.3 is 14.8 Å². The molecule has 1 aliphatic rings. The number of carbonyl (C=O) groups is 3. The Morgan fingerprint density at radius 2 is 2.14 bits per heavy atom. The van der Waals surface area contributed by atoms with E-state index in [4.69, 9.17) is 9.47 Å². The summed E-state index contributed by atoms with van der Waals surface area (Å²) in [6.07, 6.45) is -1.18. The van der Waals surface area contributed by atoms with Crippen molar-refractivity contribution in [3.05, 3.63) is 29.6 Å². The maximum Gasteiger partial charge on any atom is 0.342 e. The van der Waals surface area contributed by atoms with Crippen LogP contribution in [0.25, 0.3) is 0 Å². The third kappa shape index (κ3) is 3.16. The Morgan fingerprint density at radius 1 is 1.41 bits per heavy atom. The largest absolute Gasteiger partial charge is 0.496 e. The summed E-state index contributed by atoms with van der Waals surface area (Å²) in [6.45, 7) is 1.91. The first kappa shape index (κ1) is 15.7. The average molecular weight is 310 g/mol. The van der Waals surface area contributed by atoms with Gasteiger partial charge in [0, 0.05) is 13.1 Å². The van der Waals surface area contributed by atoms with Gasteiger partial charge in [0.15, 0.2) is 6.10 Å². The molecule has 0 aromatic heterocycles. The second-order valence-corrected chi connectivity index (χ2v) is 4.61. The van der Waals surface area contributed by atoms with Crippen LogP contribution >= 0.6 is 0 Å². The fourth-order valence-electron chi connectivity index (χ4n) is 2.02. The summed E-state index contributed by atoms with van der Waals surface area (Å²) in [5, 5.41) is 2.47. The Balaban J connectivity index is 2.09. The van der Waals surface area contributed by atoms with Crippen LogP contribution in [0.3, 0.4) is 0 Å². The van der Waals surface area contributed by atoms with Gasteiger partial charge in [-0.15, -0.1) is 0 Å². The topological polar surface area (TPSA) is 84.9 Å². The monoisotopic (exact) mass is 310 g/mol. The van der Waals surface area contributed by atoms with E-state index in [9.17, 15) is 18.8 Å². The molecule has 0 radical (unpaired) electrons. The molecule has 22 heavy (non-hydrogen) atoms. The minimum Gasteiger partial charge on any atom is -0.496 e. The van der Waals surface area contributed by atoms with Gasteiger partial charge in [-0.1, -0.05) is 0 Å². The van der Waals surface area contributed by atoms with Gasteiger partial charge in [0.1, 0.15) is 17.1 Å². The van der Waals surface area contributed by atoms with E-state index in [1.807, 2.05) is 0 Å². The maximum atomic E-state index is 13.2. The fraction of sp³-hybridized carbons (Fsp3) is 0.357. The number of methoxy groups -OCH3 is 1. The van der Waals surface area contributed by atoms with Crippen molar-refractivity contribution in [1.82, 2.24) is 10.2 Å². The van der Waals surface area contributed by atoms with Crippen LogP contribution in [0.1, 0.15) is 17.3 Å². The van der Waals surface area contributed by atoms with Gasteiger partial charge >= 0.3 is 12.0 Å². The highest BCUT2D eigenvalue weighted by molar-refractivity contribution is 6.00. The molecule has 0 bridgehead atoms. The number of halogens is 1. The molecule has 1 aromatic rings. The second kappa shape index (κ2) is 6.42. The van der Waals surface area contributed by atoms with Gasteiger partial charge in [0.05, 0.1) is 7.11 Å². The van der Waals surface area contributed by atoms with Gasteiger partial charge in [-0.2, -0.15) is 0 Å². The SMILES string of the molecule is COc1ccc(F)cc1C(=O)O[C@@H](C)C(=O)N1CCNC1=O. The van der Waals surface area contributed by atoms with Gasteiger partial charge in [0.25, 0.3) is 5.91 Å². The van der Waals surface area contributed by atoms with Crippen molar-refractivity contribution >= 4 is 17.9 Å². The summed E-state index contributed by atoms with van der Waals surface area (Å²) < 4.78 is 23.2. The zero-order valence-electron chi connectivity index (χ0n) is 12.1. The molecule has 0 spiro atoms. The van der Waals surface area contributed by atoms with E-state index in [0.29, 0.717) is 6.54 Å². The van der Waals surface area contributed by atoms with Gasteiger partial charge in [-0.25, -0.2) is 14.0 Å². The molecule has 1 heterocycles. The highest BCUT2D eigenvalue weighted by Gasteiger charge is 2.32. The zero-order chi connectivity index (χ0) is 16.3. The molecule has 1 aromatic carbocycles. The number of hydrogen-bond donors (Lipinski definition) is 1. The van der Waals surface area contributed by atoms with Crippen LogP contribution in [0.2, 0.25) is 0 Å². The summed E-state index contributed by atoms with van der Waals surface area (Å²) in [6, 6.07) is 2.85. The molecule has 1 N–H and O–H groups in total. The predicted molar refractivity (Wildman–Crippen MR) is 72.9 cm³/mol. The minimum absolute atomic E-state index is 0.130. The molecule has 0 saturated carbocycles. The van der Waals surface area contributed by atoms with Crippen molar-refractivity contribution in [2.75, 3.05) is 20.2 Å². The second-order valence-electron chi connectivity index (χ2n) is 4.61. The molecule has 2 rings (SSSR count). The lowest BCUT2D eigenvalue weighted by atomic mass is 10.2. The van der Waals surface area contributed by atoms with E-state index in [0.717, 1.165) is 17.0 Å². The Labute approximate surface area is 126 Å². The summed E-state index contributed by atoms with van der Waals surface area (Å²) in [5.74, 6) is -2.05. The van der Waals surface area contributed by atoms with E-state index in [2.05, 4.69) is 5.32 Å². The van der Waals surface area contributed by atoms with Crippen molar-refractivity contribution in [1.29, 1.82) is 0 Å². The fourth-order valence-corrected chi connectivity index (χ4v) is 2.02. The number of rotatable bonds is 4. The third-order valence-electron chi connectivity index (χ3n) is 3.14. The number of urea groups is 1. The number of nitrogens with zero attached hydrogens (tertiary/aromatic N) is 1. The number of amides is 3. The first-order valence-corrected chi connectivity index (χ1v) is 6.57. The van der Waals surface area contributed by atoms with Crippen molar-refractivity contribution < 1.29 is 28.2 Å². The summed E-state index contributed by atoms with van der Waals surface area (Å²) in [7, 11) is 1.33. The Bertz CT molecular complexity index is 619. The van der Waals surface area contributed by atoms with Crippen molar-refractivity contribution in [3.8, 4) is 5.75 Å². The lowest BCUT2D eigenvalue weighted by Crippen LogP contribution is -2.41. The van der Waals surface area contributed by atoms with Gasteiger partial charge in [-0.3, -0.25) is 9.69 Å². The number of imide groups is 1. The minimum atomic E-state index is -1.18. The summed E-state index contributed by atoms with van der Waals surface area (Å²) in [4.78, 5) is 36.4. The van der Waals surface area contributed by atoms with Crippen LogP contribution in [0.5, 0.6) is 5.75 Å². The molecule has 118 valence electrons. The highest BCUT2D eigenvalue weighted by atomic mass is 19.1. The number of benzene rings is 1. The van der Waals surface area contributed by atoms with E-state index >= 15 is 0 Å². The van der Waals surface area contributed by atoms with E-state index in [1.54, 1.807) is 0 Å². The Kier molecular flexibility index (Phi) is 4.59. The Morgan fingerprint density at radius 3 is 2.73 bits per heavy atom. The zero-order valence-corrected chi connectivity index (χ0v) is 12.1. The molecule has 1 saturated heterocycles. The van der Waals surface area contributed by atoms with Crippen LogP contribution in [-0.4, -0.2) is 49.1 Å². The summed E-state index contributed by atoms with van der Waals surface area (Å²) in [5.41, 5.74) is -0.131. The Hall–Kier alpha value is -2.64. The third-order valence-corrected chi connectivity index (χ3v) is 3.14. The number of nitrogens with one attached hydrogen (secondary N) is 1. The molecule has 7 nitrogen and oxygen atoms in total. The van der Waals surface area contributed by atoms with Gasteiger partial charge in [0.2, 0.25) is 0 Å². The number of hydrogen-bond acceptors (Lipinski definition) is 5. The molecule has 8 heteroatoms. The smallest absolute Gasteiger partial charge is 0.342 e. The molecular weight excluding hydrogens is 295 g/mol. The number of ether oxygens (including phenoxy) is 2. The molecule has 1 fully saturated rings. The average Bonchev–Trinajstić information content (AvgIpc) is 2.92. The first-order valence-electron chi connectivity index (χ1n) is 6.57. The normalized spacial score (nSPS) is 15.2. The van der Waals surface area contributed by atoms with Crippen LogP contribution in [0.4, 0.5) is 9.18 Å². The molecule has 3 amide bonds. The molecule has 1 aliphatic heterocycles.